The molecule has 3 heteroatoms. The molecule has 0 bridgehead atoms. The first-order valence-corrected chi connectivity index (χ1v) is 7.89. The van der Waals surface area contributed by atoms with Crippen molar-refractivity contribution < 1.29 is 4.42 Å². The van der Waals surface area contributed by atoms with Crippen LogP contribution in [0.25, 0.3) is 33.3 Å². The molecule has 1 heterocycles. The predicted octanol–water partition coefficient (Wildman–Crippen LogP) is 5.39. The Labute approximate surface area is 135 Å². The third-order valence-corrected chi connectivity index (χ3v) is 4.08. The summed E-state index contributed by atoms with van der Waals surface area (Å²) >= 11 is 0. The first-order valence-electron chi connectivity index (χ1n) is 7.89. The molecule has 0 radical (unpaired) electrons. The van der Waals surface area contributed by atoms with E-state index in [0.29, 0.717) is 5.89 Å². The van der Waals surface area contributed by atoms with Crippen LogP contribution in [-0.2, 0) is 0 Å². The van der Waals surface area contributed by atoms with Crippen molar-refractivity contribution in [2.45, 2.75) is 13.8 Å². The zero-order valence-corrected chi connectivity index (χ0v) is 13.3. The number of hydrogen-bond donors (Lipinski definition) is 1. The molecule has 0 amide bonds. The zero-order valence-electron chi connectivity index (χ0n) is 13.3. The second-order valence-corrected chi connectivity index (χ2v) is 5.72. The van der Waals surface area contributed by atoms with Crippen molar-refractivity contribution >= 4 is 27.6 Å². The third kappa shape index (κ3) is 2.34. The standard InChI is InChI=1S/C20H18N2O/c1-3-21-15-11-13(2)19-18(12-15)22-20(23-19)17-10-6-8-14-7-4-5-9-16(14)17/h4-12,21H,3H2,1-2H3. The molecule has 4 aromatic rings. The number of nitrogens with one attached hydrogen (secondary N) is 1. The van der Waals surface area contributed by atoms with E-state index in [2.05, 4.69) is 49.5 Å². The highest BCUT2D eigenvalue weighted by atomic mass is 16.3. The van der Waals surface area contributed by atoms with Gasteiger partial charge in [-0.15, -0.1) is 0 Å². The van der Waals surface area contributed by atoms with E-state index in [-0.39, 0.29) is 0 Å². The van der Waals surface area contributed by atoms with Crippen LogP contribution in [0.15, 0.2) is 59.0 Å². The minimum Gasteiger partial charge on any atom is -0.436 e. The van der Waals surface area contributed by atoms with Gasteiger partial charge in [-0.1, -0.05) is 36.4 Å². The lowest BCUT2D eigenvalue weighted by Gasteiger charge is -2.03. The maximum absolute atomic E-state index is 6.09. The molecule has 1 aromatic heterocycles. The highest BCUT2D eigenvalue weighted by Crippen LogP contribution is 2.32. The number of oxazole rings is 1. The number of aromatic nitrogens is 1. The van der Waals surface area contributed by atoms with E-state index >= 15 is 0 Å². The Morgan fingerprint density at radius 2 is 1.87 bits per heavy atom. The Balaban J connectivity index is 1.93. The first kappa shape index (κ1) is 13.8. The number of aryl methyl sites for hydroxylation is 1. The highest BCUT2D eigenvalue weighted by molar-refractivity contribution is 5.96. The van der Waals surface area contributed by atoms with Crippen molar-refractivity contribution in [2.75, 3.05) is 11.9 Å². The van der Waals surface area contributed by atoms with Gasteiger partial charge in [-0.05, 0) is 48.4 Å². The van der Waals surface area contributed by atoms with Crippen LogP contribution in [0.5, 0.6) is 0 Å². The quantitative estimate of drug-likeness (QED) is 0.551. The lowest BCUT2D eigenvalue weighted by Crippen LogP contribution is -1.96. The molecule has 0 atom stereocenters. The average Bonchev–Trinajstić information content (AvgIpc) is 2.99. The van der Waals surface area contributed by atoms with Crippen LogP contribution in [0, 0.1) is 6.92 Å². The maximum Gasteiger partial charge on any atom is 0.227 e. The molecular weight excluding hydrogens is 284 g/mol. The van der Waals surface area contributed by atoms with E-state index in [9.17, 15) is 0 Å². The fourth-order valence-electron chi connectivity index (χ4n) is 3.03. The number of nitrogens with zero attached hydrogens (tertiary/aromatic N) is 1. The molecule has 0 fully saturated rings. The van der Waals surface area contributed by atoms with Crippen molar-refractivity contribution in [1.29, 1.82) is 0 Å². The SMILES string of the molecule is CCNc1cc(C)c2oc(-c3cccc4ccccc34)nc2c1. The number of hydrogen-bond acceptors (Lipinski definition) is 3. The van der Waals surface area contributed by atoms with Crippen LogP contribution >= 0.6 is 0 Å². The maximum atomic E-state index is 6.09. The first-order chi connectivity index (χ1) is 11.3. The molecule has 1 N–H and O–H groups in total. The van der Waals surface area contributed by atoms with E-state index in [1.54, 1.807) is 0 Å². The summed E-state index contributed by atoms with van der Waals surface area (Å²) in [6.07, 6.45) is 0. The van der Waals surface area contributed by atoms with Crippen LogP contribution in [0.4, 0.5) is 5.69 Å². The molecule has 114 valence electrons. The summed E-state index contributed by atoms with van der Waals surface area (Å²) in [7, 11) is 0. The molecule has 0 saturated carbocycles. The Morgan fingerprint density at radius 1 is 1.04 bits per heavy atom. The lowest BCUT2D eigenvalue weighted by atomic mass is 10.0. The molecule has 0 unspecified atom stereocenters. The average molecular weight is 302 g/mol. The van der Waals surface area contributed by atoms with Gasteiger partial charge in [0.1, 0.15) is 5.52 Å². The van der Waals surface area contributed by atoms with E-state index in [1.165, 1.54) is 5.39 Å². The summed E-state index contributed by atoms with van der Waals surface area (Å²) in [5.74, 6) is 0.675. The van der Waals surface area contributed by atoms with Gasteiger partial charge in [0.15, 0.2) is 5.58 Å². The largest absolute Gasteiger partial charge is 0.436 e. The molecule has 4 rings (SSSR count). The van der Waals surface area contributed by atoms with Gasteiger partial charge >= 0.3 is 0 Å². The van der Waals surface area contributed by atoms with Gasteiger partial charge in [0, 0.05) is 17.8 Å². The summed E-state index contributed by atoms with van der Waals surface area (Å²) in [6, 6.07) is 18.7. The summed E-state index contributed by atoms with van der Waals surface area (Å²) in [5, 5.41) is 5.69. The molecule has 23 heavy (non-hydrogen) atoms. The molecule has 0 aliphatic rings. The van der Waals surface area contributed by atoms with Crippen molar-refractivity contribution in [1.82, 2.24) is 4.98 Å². The molecule has 0 saturated heterocycles. The second-order valence-electron chi connectivity index (χ2n) is 5.72. The number of anilines is 1. The van der Waals surface area contributed by atoms with Gasteiger partial charge in [0.05, 0.1) is 0 Å². The number of fused-ring (bicyclic) bond motifs is 2. The van der Waals surface area contributed by atoms with Gasteiger partial charge in [-0.3, -0.25) is 0 Å². The Bertz CT molecular complexity index is 996. The van der Waals surface area contributed by atoms with E-state index < -0.39 is 0 Å². The van der Waals surface area contributed by atoms with Crippen LogP contribution in [0.1, 0.15) is 12.5 Å². The molecule has 0 spiro atoms. The third-order valence-electron chi connectivity index (χ3n) is 4.08. The Morgan fingerprint density at radius 3 is 2.74 bits per heavy atom. The van der Waals surface area contributed by atoms with Crippen LogP contribution in [-0.4, -0.2) is 11.5 Å². The summed E-state index contributed by atoms with van der Waals surface area (Å²) in [5.41, 5.74) is 4.95. The van der Waals surface area contributed by atoms with Gasteiger partial charge in [-0.25, -0.2) is 4.98 Å². The van der Waals surface area contributed by atoms with Gasteiger partial charge in [0.2, 0.25) is 5.89 Å². The highest BCUT2D eigenvalue weighted by Gasteiger charge is 2.13. The number of benzene rings is 3. The van der Waals surface area contributed by atoms with Crippen molar-refractivity contribution in [3.63, 3.8) is 0 Å². The van der Waals surface area contributed by atoms with Crippen molar-refractivity contribution in [3.8, 4) is 11.5 Å². The van der Waals surface area contributed by atoms with Crippen LogP contribution < -0.4 is 5.32 Å². The molecule has 0 aliphatic heterocycles. The Hall–Kier alpha value is -2.81. The van der Waals surface area contributed by atoms with E-state index in [1.807, 2.05) is 24.3 Å². The molecular formula is C20H18N2O. The lowest BCUT2D eigenvalue weighted by molar-refractivity contribution is 0.618. The van der Waals surface area contributed by atoms with Crippen molar-refractivity contribution in [3.05, 3.63) is 60.2 Å². The van der Waals surface area contributed by atoms with Gasteiger partial charge < -0.3 is 9.73 Å². The molecule has 3 nitrogen and oxygen atoms in total. The summed E-state index contributed by atoms with van der Waals surface area (Å²) in [4.78, 5) is 4.73. The number of rotatable bonds is 3. The minimum absolute atomic E-state index is 0.675. The van der Waals surface area contributed by atoms with Crippen LogP contribution in [0.3, 0.4) is 0 Å². The predicted molar refractivity (Wildman–Crippen MR) is 95.9 cm³/mol. The zero-order chi connectivity index (χ0) is 15.8. The fraction of sp³-hybridized carbons (Fsp3) is 0.150. The van der Waals surface area contributed by atoms with E-state index in [0.717, 1.165) is 39.8 Å². The topological polar surface area (TPSA) is 38.1 Å². The smallest absolute Gasteiger partial charge is 0.227 e. The summed E-state index contributed by atoms with van der Waals surface area (Å²) < 4.78 is 6.09. The molecule has 3 aromatic carbocycles. The monoisotopic (exact) mass is 302 g/mol. The molecule has 0 aliphatic carbocycles. The van der Waals surface area contributed by atoms with Gasteiger partial charge in [0.25, 0.3) is 0 Å². The second kappa shape index (κ2) is 5.43. The normalized spacial score (nSPS) is 11.2. The van der Waals surface area contributed by atoms with Gasteiger partial charge in [-0.2, -0.15) is 0 Å². The van der Waals surface area contributed by atoms with E-state index in [4.69, 9.17) is 9.40 Å². The fourth-order valence-corrected chi connectivity index (χ4v) is 3.03. The Kier molecular flexibility index (Phi) is 3.27. The minimum atomic E-state index is 0.675. The van der Waals surface area contributed by atoms with Crippen molar-refractivity contribution in [2.24, 2.45) is 0 Å². The van der Waals surface area contributed by atoms with Crippen LogP contribution in [0.2, 0.25) is 0 Å². The summed E-state index contributed by atoms with van der Waals surface area (Å²) in [6.45, 7) is 5.03.